The Balaban J connectivity index is 2.61. The van der Waals surface area contributed by atoms with Crippen molar-refractivity contribution >= 4 is 11.6 Å². The molecule has 1 atom stereocenters. The summed E-state index contributed by atoms with van der Waals surface area (Å²) in [6, 6.07) is 7.56. The number of carbonyl (C=O) groups is 1. The Labute approximate surface area is 96.4 Å². The lowest BCUT2D eigenvalue weighted by atomic mass is 10.2. The van der Waals surface area contributed by atoms with E-state index in [1.807, 2.05) is 43.3 Å². The van der Waals surface area contributed by atoms with Crippen molar-refractivity contribution in [1.82, 2.24) is 5.32 Å². The van der Waals surface area contributed by atoms with E-state index in [4.69, 9.17) is 5.73 Å². The van der Waals surface area contributed by atoms with Crippen LogP contribution in [0.15, 0.2) is 24.3 Å². The Morgan fingerprint density at radius 2 is 2.19 bits per heavy atom. The molecule has 1 amide bonds. The Kier molecular flexibility index (Phi) is 4.31. The fraction of sp³-hybridized carbons (Fsp3) is 0.417. The zero-order valence-electron chi connectivity index (χ0n) is 10.0. The Bertz CT molecular complexity index is 361. The molecule has 1 rings (SSSR count). The molecule has 4 heteroatoms. The van der Waals surface area contributed by atoms with Gasteiger partial charge in [0.1, 0.15) is 0 Å². The molecule has 0 heterocycles. The number of nitrogens with two attached hydrogens (primary N) is 1. The smallest absolute Gasteiger partial charge is 0.236 e. The monoisotopic (exact) mass is 221 g/mol. The summed E-state index contributed by atoms with van der Waals surface area (Å²) in [6.45, 7) is 2.19. The fourth-order valence-corrected chi connectivity index (χ4v) is 1.29. The largest absolute Gasteiger partial charge is 0.378 e. The van der Waals surface area contributed by atoms with Crippen LogP contribution in [0.25, 0.3) is 0 Å². The summed E-state index contributed by atoms with van der Waals surface area (Å²) in [6.07, 6.45) is 0. The average Bonchev–Trinajstić information content (AvgIpc) is 2.26. The molecule has 0 fully saturated rings. The van der Waals surface area contributed by atoms with Gasteiger partial charge in [-0.3, -0.25) is 4.79 Å². The van der Waals surface area contributed by atoms with Crippen LogP contribution < -0.4 is 16.0 Å². The van der Waals surface area contributed by atoms with E-state index in [1.54, 1.807) is 6.92 Å². The molecule has 1 aromatic carbocycles. The Hall–Kier alpha value is -1.55. The molecule has 0 saturated heterocycles. The van der Waals surface area contributed by atoms with Gasteiger partial charge < -0.3 is 16.0 Å². The number of hydrogen-bond acceptors (Lipinski definition) is 3. The van der Waals surface area contributed by atoms with Crippen LogP contribution in [0.3, 0.4) is 0 Å². The zero-order chi connectivity index (χ0) is 12.1. The predicted molar refractivity (Wildman–Crippen MR) is 66.3 cm³/mol. The molecule has 0 aliphatic carbocycles. The van der Waals surface area contributed by atoms with Crippen LogP contribution in [0, 0.1) is 0 Å². The highest BCUT2D eigenvalue weighted by Crippen LogP contribution is 2.12. The number of carbonyl (C=O) groups excluding carboxylic acids is 1. The lowest BCUT2D eigenvalue weighted by Crippen LogP contribution is -2.37. The first-order valence-electron chi connectivity index (χ1n) is 5.30. The third-order valence-electron chi connectivity index (χ3n) is 2.31. The minimum Gasteiger partial charge on any atom is -0.378 e. The van der Waals surface area contributed by atoms with Gasteiger partial charge in [0.2, 0.25) is 5.91 Å². The van der Waals surface area contributed by atoms with Gasteiger partial charge in [0.25, 0.3) is 0 Å². The van der Waals surface area contributed by atoms with E-state index in [1.165, 1.54) is 0 Å². The first kappa shape index (κ1) is 12.5. The summed E-state index contributed by atoms with van der Waals surface area (Å²) in [5.74, 6) is -0.129. The third-order valence-corrected chi connectivity index (χ3v) is 2.31. The SMILES string of the molecule is C[C@@H](N)C(=O)NCc1cccc(N(C)C)c1. The van der Waals surface area contributed by atoms with Crippen LogP contribution in [-0.2, 0) is 11.3 Å². The minimum atomic E-state index is -0.461. The summed E-state index contributed by atoms with van der Waals surface area (Å²) in [7, 11) is 3.97. The number of nitrogens with zero attached hydrogens (tertiary/aromatic N) is 1. The van der Waals surface area contributed by atoms with E-state index in [0.717, 1.165) is 11.3 Å². The van der Waals surface area contributed by atoms with E-state index in [9.17, 15) is 4.79 Å². The highest BCUT2D eigenvalue weighted by molar-refractivity contribution is 5.80. The molecule has 0 aromatic heterocycles. The Morgan fingerprint density at radius 1 is 1.50 bits per heavy atom. The molecule has 88 valence electrons. The van der Waals surface area contributed by atoms with Crippen molar-refractivity contribution in [3.05, 3.63) is 29.8 Å². The maximum absolute atomic E-state index is 11.3. The molecule has 16 heavy (non-hydrogen) atoms. The van der Waals surface area contributed by atoms with Crippen molar-refractivity contribution in [2.75, 3.05) is 19.0 Å². The van der Waals surface area contributed by atoms with Gasteiger partial charge in [0.05, 0.1) is 6.04 Å². The first-order chi connectivity index (χ1) is 7.50. The van der Waals surface area contributed by atoms with Crippen LogP contribution in [0.1, 0.15) is 12.5 Å². The van der Waals surface area contributed by atoms with Crippen LogP contribution >= 0.6 is 0 Å². The van der Waals surface area contributed by atoms with E-state index in [0.29, 0.717) is 6.54 Å². The van der Waals surface area contributed by atoms with Gasteiger partial charge in [-0.1, -0.05) is 12.1 Å². The second-order valence-electron chi connectivity index (χ2n) is 4.07. The van der Waals surface area contributed by atoms with Crippen molar-refractivity contribution in [3.8, 4) is 0 Å². The summed E-state index contributed by atoms with van der Waals surface area (Å²) in [5.41, 5.74) is 7.65. The molecular formula is C12H19N3O. The summed E-state index contributed by atoms with van der Waals surface area (Å²) in [4.78, 5) is 13.3. The van der Waals surface area contributed by atoms with Crippen molar-refractivity contribution < 1.29 is 4.79 Å². The Morgan fingerprint density at radius 3 is 2.75 bits per heavy atom. The molecule has 0 aliphatic heterocycles. The molecular weight excluding hydrogens is 202 g/mol. The van der Waals surface area contributed by atoms with Gasteiger partial charge in [-0.15, -0.1) is 0 Å². The first-order valence-corrected chi connectivity index (χ1v) is 5.30. The normalized spacial score (nSPS) is 12.0. The van der Waals surface area contributed by atoms with Crippen LogP contribution in [0.2, 0.25) is 0 Å². The van der Waals surface area contributed by atoms with Gasteiger partial charge in [0.15, 0.2) is 0 Å². The molecule has 0 saturated carbocycles. The standard InChI is InChI=1S/C12H19N3O/c1-9(13)12(16)14-8-10-5-4-6-11(7-10)15(2)3/h4-7,9H,8,13H2,1-3H3,(H,14,16)/t9-/m1/s1. The summed E-state index contributed by atoms with van der Waals surface area (Å²) in [5, 5.41) is 2.78. The number of amides is 1. The zero-order valence-corrected chi connectivity index (χ0v) is 10.0. The van der Waals surface area contributed by atoms with Crippen molar-refractivity contribution in [3.63, 3.8) is 0 Å². The van der Waals surface area contributed by atoms with Crippen molar-refractivity contribution in [2.45, 2.75) is 19.5 Å². The second-order valence-corrected chi connectivity index (χ2v) is 4.07. The van der Waals surface area contributed by atoms with Crippen LogP contribution in [0.4, 0.5) is 5.69 Å². The lowest BCUT2D eigenvalue weighted by molar-refractivity contribution is -0.122. The molecule has 1 aromatic rings. The third kappa shape index (κ3) is 3.55. The quantitative estimate of drug-likeness (QED) is 0.787. The van der Waals surface area contributed by atoms with Gasteiger partial charge >= 0.3 is 0 Å². The second kappa shape index (κ2) is 5.51. The minimum absolute atomic E-state index is 0.129. The average molecular weight is 221 g/mol. The predicted octanol–water partition coefficient (Wildman–Crippen LogP) is 0.716. The molecule has 0 spiro atoms. The number of nitrogens with one attached hydrogen (secondary N) is 1. The molecule has 0 radical (unpaired) electrons. The van der Waals surface area contributed by atoms with E-state index >= 15 is 0 Å². The van der Waals surface area contributed by atoms with Crippen LogP contribution in [0.5, 0.6) is 0 Å². The molecule has 3 N–H and O–H groups in total. The van der Waals surface area contributed by atoms with E-state index < -0.39 is 6.04 Å². The highest BCUT2D eigenvalue weighted by atomic mass is 16.2. The van der Waals surface area contributed by atoms with E-state index in [-0.39, 0.29) is 5.91 Å². The number of benzene rings is 1. The lowest BCUT2D eigenvalue weighted by Gasteiger charge is -2.14. The summed E-state index contributed by atoms with van der Waals surface area (Å²) < 4.78 is 0. The fourth-order valence-electron chi connectivity index (χ4n) is 1.29. The highest BCUT2D eigenvalue weighted by Gasteiger charge is 2.06. The maximum atomic E-state index is 11.3. The molecule has 0 aliphatic rings. The van der Waals surface area contributed by atoms with Gasteiger partial charge in [-0.05, 0) is 24.6 Å². The summed E-state index contributed by atoms with van der Waals surface area (Å²) >= 11 is 0. The molecule has 0 unspecified atom stereocenters. The molecule has 4 nitrogen and oxygen atoms in total. The van der Waals surface area contributed by atoms with Gasteiger partial charge in [-0.25, -0.2) is 0 Å². The van der Waals surface area contributed by atoms with Gasteiger partial charge in [0, 0.05) is 26.3 Å². The van der Waals surface area contributed by atoms with Crippen molar-refractivity contribution in [2.24, 2.45) is 5.73 Å². The number of hydrogen-bond donors (Lipinski definition) is 2. The van der Waals surface area contributed by atoms with Crippen molar-refractivity contribution in [1.29, 1.82) is 0 Å². The number of anilines is 1. The van der Waals surface area contributed by atoms with Crippen LogP contribution in [-0.4, -0.2) is 26.0 Å². The van der Waals surface area contributed by atoms with Gasteiger partial charge in [-0.2, -0.15) is 0 Å². The number of rotatable bonds is 4. The molecule has 0 bridgehead atoms. The van der Waals surface area contributed by atoms with E-state index in [2.05, 4.69) is 5.32 Å². The topological polar surface area (TPSA) is 58.4 Å². The maximum Gasteiger partial charge on any atom is 0.236 e.